The maximum Gasteiger partial charge on any atom is 0.266 e. The SMILES string of the molecule is O=Cc1cc(C(F)F)c(F)c(Br)n1. The standard InChI is InChI=1S/C7H3BrF3NO/c8-6-5(9)4(7(10)11)1-3(2-13)12-6/h1-2,7H. The lowest BCUT2D eigenvalue weighted by atomic mass is 10.2. The van der Waals surface area contributed by atoms with Crippen LogP contribution >= 0.6 is 15.9 Å². The van der Waals surface area contributed by atoms with Gasteiger partial charge in [0.2, 0.25) is 0 Å². The van der Waals surface area contributed by atoms with Crippen LogP contribution in [0.15, 0.2) is 10.7 Å². The topological polar surface area (TPSA) is 30.0 Å². The van der Waals surface area contributed by atoms with Gasteiger partial charge in [0.1, 0.15) is 10.3 Å². The predicted octanol–water partition coefficient (Wildman–Crippen LogP) is 2.73. The molecule has 0 fully saturated rings. The Morgan fingerprint density at radius 1 is 1.54 bits per heavy atom. The molecule has 2 nitrogen and oxygen atoms in total. The van der Waals surface area contributed by atoms with E-state index in [1.165, 1.54) is 0 Å². The molecule has 0 bridgehead atoms. The molecular formula is C7H3BrF3NO. The first-order chi connectivity index (χ1) is 6.06. The van der Waals surface area contributed by atoms with Gasteiger partial charge < -0.3 is 0 Å². The number of hydrogen-bond donors (Lipinski definition) is 0. The molecule has 0 unspecified atom stereocenters. The minimum Gasteiger partial charge on any atom is -0.296 e. The molecule has 0 radical (unpaired) electrons. The van der Waals surface area contributed by atoms with Crippen molar-refractivity contribution >= 4 is 22.2 Å². The number of halogens is 4. The lowest BCUT2D eigenvalue weighted by Crippen LogP contribution is -1.98. The quantitative estimate of drug-likeness (QED) is 0.600. The summed E-state index contributed by atoms with van der Waals surface area (Å²) >= 11 is 2.63. The van der Waals surface area contributed by atoms with Gasteiger partial charge in [-0.2, -0.15) is 0 Å². The number of pyridine rings is 1. The van der Waals surface area contributed by atoms with Gasteiger partial charge in [-0.3, -0.25) is 4.79 Å². The van der Waals surface area contributed by atoms with Gasteiger partial charge in [0.05, 0.1) is 5.56 Å². The molecule has 0 saturated carbocycles. The molecule has 6 heteroatoms. The number of nitrogens with zero attached hydrogens (tertiary/aromatic N) is 1. The molecule has 0 spiro atoms. The first-order valence-corrected chi connectivity index (χ1v) is 3.95. The fraction of sp³-hybridized carbons (Fsp3) is 0.143. The van der Waals surface area contributed by atoms with E-state index >= 15 is 0 Å². The summed E-state index contributed by atoms with van der Waals surface area (Å²) in [7, 11) is 0. The van der Waals surface area contributed by atoms with E-state index in [4.69, 9.17) is 0 Å². The average molecular weight is 254 g/mol. The van der Waals surface area contributed by atoms with E-state index in [2.05, 4.69) is 20.9 Å². The van der Waals surface area contributed by atoms with Crippen molar-refractivity contribution < 1.29 is 18.0 Å². The van der Waals surface area contributed by atoms with Gasteiger partial charge in [0.15, 0.2) is 12.1 Å². The monoisotopic (exact) mass is 253 g/mol. The molecule has 70 valence electrons. The normalized spacial score (nSPS) is 10.5. The summed E-state index contributed by atoms with van der Waals surface area (Å²) in [5.74, 6) is -1.14. The van der Waals surface area contributed by atoms with Gasteiger partial charge >= 0.3 is 0 Å². The fourth-order valence-corrected chi connectivity index (χ4v) is 1.19. The molecule has 0 aliphatic rings. The van der Waals surface area contributed by atoms with Gasteiger partial charge in [-0.15, -0.1) is 0 Å². The maximum absolute atomic E-state index is 12.9. The summed E-state index contributed by atoms with van der Waals surface area (Å²) in [6, 6.07) is 0.720. The van der Waals surface area contributed by atoms with Crippen LogP contribution in [0.2, 0.25) is 0 Å². The summed E-state index contributed by atoms with van der Waals surface area (Å²) in [5.41, 5.74) is -1.06. The Morgan fingerprint density at radius 3 is 2.62 bits per heavy atom. The Hall–Kier alpha value is -0.910. The van der Waals surface area contributed by atoms with E-state index in [1.807, 2.05) is 0 Å². The summed E-state index contributed by atoms with van der Waals surface area (Å²) in [6.07, 6.45) is -2.69. The van der Waals surface area contributed by atoms with Crippen LogP contribution in [0.5, 0.6) is 0 Å². The second kappa shape index (κ2) is 3.87. The molecule has 0 aliphatic carbocycles. The first kappa shape index (κ1) is 10.2. The number of hydrogen-bond acceptors (Lipinski definition) is 2. The molecule has 1 aromatic rings. The zero-order valence-electron chi connectivity index (χ0n) is 6.10. The third kappa shape index (κ3) is 2.06. The van der Waals surface area contributed by atoms with Crippen molar-refractivity contribution in [3.05, 3.63) is 27.7 Å². The number of rotatable bonds is 2. The third-order valence-corrected chi connectivity index (χ3v) is 1.85. The first-order valence-electron chi connectivity index (χ1n) is 3.15. The second-order valence-corrected chi connectivity index (χ2v) is 2.91. The molecule has 0 N–H and O–H groups in total. The smallest absolute Gasteiger partial charge is 0.266 e. The summed E-state index contributed by atoms with van der Waals surface area (Å²) in [5, 5.41) is 0. The molecule has 1 heterocycles. The molecule has 0 saturated heterocycles. The van der Waals surface area contributed by atoms with Crippen LogP contribution in [-0.4, -0.2) is 11.3 Å². The number of alkyl halides is 2. The molecule has 1 rings (SSSR count). The van der Waals surface area contributed by atoms with Crippen LogP contribution < -0.4 is 0 Å². The van der Waals surface area contributed by atoms with Crippen LogP contribution in [0, 0.1) is 5.82 Å². The van der Waals surface area contributed by atoms with E-state index in [-0.39, 0.29) is 16.6 Å². The van der Waals surface area contributed by atoms with E-state index in [0.717, 1.165) is 6.07 Å². The number of carbonyl (C=O) groups is 1. The molecule has 0 atom stereocenters. The van der Waals surface area contributed by atoms with Gasteiger partial charge in [-0.05, 0) is 22.0 Å². The minimum absolute atomic E-state index is 0.233. The van der Waals surface area contributed by atoms with Gasteiger partial charge in [0.25, 0.3) is 6.43 Å². The van der Waals surface area contributed by atoms with Crippen LogP contribution in [0.25, 0.3) is 0 Å². The highest BCUT2D eigenvalue weighted by Gasteiger charge is 2.17. The summed E-state index contributed by atoms with van der Waals surface area (Å²) in [6.45, 7) is 0. The molecule has 0 amide bonds. The number of aromatic nitrogens is 1. The Kier molecular flexibility index (Phi) is 3.02. The molecule has 0 aromatic carbocycles. The van der Waals surface area contributed by atoms with Gasteiger partial charge in [-0.1, -0.05) is 0 Å². The van der Waals surface area contributed by atoms with Crippen LogP contribution in [-0.2, 0) is 0 Å². The van der Waals surface area contributed by atoms with E-state index in [0.29, 0.717) is 0 Å². The minimum atomic E-state index is -2.96. The average Bonchev–Trinajstić information content (AvgIpc) is 2.09. The molecular weight excluding hydrogens is 251 g/mol. The highest BCUT2D eigenvalue weighted by molar-refractivity contribution is 9.10. The van der Waals surface area contributed by atoms with E-state index in [9.17, 15) is 18.0 Å². The second-order valence-electron chi connectivity index (χ2n) is 2.16. The van der Waals surface area contributed by atoms with Crippen molar-refractivity contribution in [2.24, 2.45) is 0 Å². The van der Waals surface area contributed by atoms with E-state index in [1.54, 1.807) is 0 Å². The highest BCUT2D eigenvalue weighted by Crippen LogP contribution is 2.26. The fourth-order valence-electron chi connectivity index (χ4n) is 0.756. The Labute approximate surface area is 79.9 Å². The Bertz CT molecular complexity index is 343. The zero-order chi connectivity index (χ0) is 10.0. The highest BCUT2D eigenvalue weighted by atomic mass is 79.9. The largest absolute Gasteiger partial charge is 0.296 e. The number of aldehydes is 1. The molecule has 13 heavy (non-hydrogen) atoms. The van der Waals surface area contributed by atoms with Crippen LogP contribution in [0.3, 0.4) is 0 Å². The maximum atomic E-state index is 12.9. The van der Waals surface area contributed by atoms with Crippen molar-refractivity contribution in [1.29, 1.82) is 0 Å². The van der Waals surface area contributed by atoms with Crippen LogP contribution in [0.4, 0.5) is 13.2 Å². The van der Waals surface area contributed by atoms with Gasteiger partial charge in [-0.25, -0.2) is 18.2 Å². The van der Waals surface area contributed by atoms with Crippen molar-refractivity contribution in [2.75, 3.05) is 0 Å². The van der Waals surface area contributed by atoms with Crippen molar-refractivity contribution in [1.82, 2.24) is 4.98 Å². The zero-order valence-corrected chi connectivity index (χ0v) is 7.69. The summed E-state index contributed by atoms with van der Waals surface area (Å²) in [4.78, 5) is 13.6. The Morgan fingerprint density at radius 2 is 2.15 bits per heavy atom. The lowest BCUT2D eigenvalue weighted by molar-refractivity contribution is 0.111. The van der Waals surface area contributed by atoms with Crippen molar-refractivity contribution in [2.45, 2.75) is 6.43 Å². The Balaban J connectivity index is 3.32. The van der Waals surface area contributed by atoms with Crippen molar-refractivity contribution in [3.8, 4) is 0 Å². The van der Waals surface area contributed by atoms with Crippen molar-refractivity contribution in [3.63, 3.8) is 0 Å². The summed E-state index contributed by atoms with van der Waals surface area (Å²) < 4.78 is 36.7. The number of carbonyl (C=O) groups excluding carboxylic acids is 1. The molecule has 1 aromatic heterocycles. The van der Waals surface area contributed by atoms with Gasteiger partial charge in [0, 0.05) is 0 Å². The predicted molar refractivity (Wildman–Crippen MR) is 42.2 cm³/mol. The third-order valence-electron chi connectivity index (χ3n) is 1.32. The molecule has 0 aliphatic heterocycles. The van der Waals surface area contributed by atoms with Crippen LogP contribution in [0.1, 0.15) is 22.5 Å². The lowest BCUT2D eigenvalue weighted by Gasteiger charge is -2.03. The van der Waals surface area contributed by atoms with E-state index < -0.39 is 17.8 Å².